The Morgan fingerprint density at radius 2 is 1.95 bits per heavy atom. The molecule has 0 aromatic carbocycles. The van der Waals surface area contributed by atoms with Gasteiger partial charge in [0.05, 0.1) is 13.1 Å². The van der Waals surface area contributed by atoms with Crippen molar-refractivity contribution in [2.45, 2.75) is 50.6 Å². The van der Waals surface area contributed by atoms with Gasteiger partial charge in [-0.3, -0.25) is 9.48 Å². The summed E-state index contributed by atoms with van der Waals surface area (Å²) in [5, 5.41) is 4.91. The van der Waals surface area contributed by atoms with Crippen molar-refractivity contribution in [1.82, 2.24) is 15.1 Å². The number of hydrogen-bond donors (Lipinski definition) is 1. The maximum absolute atomic E-state index is 3.60. The summed E-state index contributed by atoms with van der Waals surface area (Å²) in [6.45, 7) is 6.20. The van der Waals surface area contributed by atoms with Crippen LogP contribution in [0.15, 0.2) is 0 Å². The van der Waals surface area contributed by atoms with Gasteiger partial charge in [0.2, 0.25) is 5.50 Å². The second kappa shape index (κ2) is 8.65. The van der Waals surface area contributed by atoms with E-state index in [1.807, 2.05) is 21.6 Å². The zero-order valence-corrected chi connectivity index (χ0v) is 15.6. The van der Waals surface area contributed by atoms with Gasteiger partial charge < -0.3 is 4.90 Å². The molecule has 2 atom stereocenters. The lowest BCUT2D eigenvalue weighted by Crippen LogP contribution is -2.41. The highest BCUT2D eigenvalue weighted by Gasteiger charge is 2.32. The molecule has 0 saturated carbocycles. The average molecular weight is 332 g/mol. The molecular formula is C15H31N4S2+. The lowest BCUT2D eigenvalue weighted by molar-refractivity contribution is -0.534. The van der Waals surface area contributed by atoms with Crippen molar-refractivity contribution in [3.8, 4) is 0 Å². The quantitative estimate of drug-likeness (QED) is 0.615. The first-order valence-electron chi connectivity index (χ1n) is 8.16. The van der Waals surface area contributed by atoms with Crippen LogP contribution in [0.5, 0.6) is 0 Å². The van der Waals surface area contributed by atoms with Crippen LogP contribution in [-0.4, -0.2) is 71.9 Å². The zero-order chi connectivity index (χ0) is 15.2. The van der Waals surface area contributed by atoms with Gasteiger partial charge in [0.15, 0.2) is 0 Å². The van der Waals surface area contributed by atoms with E-state index in [-0.39, 0.29) is 0 Å². The Kier molecular flexibility index (Phi) is 7.19. The molecule has 2 heterocycles. The molecule has 2 saturated heterocycles. The third-order valence-corrected chi connectivity index (χ3v) is 7.17. The fourth-order valence-corrected chi connectivity index (χ4v) is 5.49. The van der Waals surface area contributed by atoms with Crippen molar-refractivity contribution < 1.29 is 4.58 Å². The number of amidine groups is 1. The minimum Gasteiger partial charge on any atom is -0.303 e. The van der Waals surface area contributed by atoms with Crippen LogP contribution >= 0.6 is 21.6 Å². The van der Waals surface area contributed by atoms with Crippen molar-refractivity contribution in [2.75, 3.05) is 40.8 Å². The molecule has 21 heavy (non-hydrogen) atoms. The van der Waals surface area contributed by atoms with Crippen molar-refractivity contribution in [3.05, 3.63) is 0 Å². The Morgan fingerprint density at radius 3 is 2.52 bits per heavy atom. The normalized spacial score (nSPS) is 28.3. The lowest BCUT2D eigenvalue weighted by atomic mass is 10.2. The summed E-state index contributed by atoms with van der Waals surface area (Å²) in [6, 6.07) is 0.588. The Bertz CT molecular complexity index is 352. The maximum atomic E-state index is 3.60. The second-order valence-corrected chi connectivity index (χ2v) is 8.72. The van der Waals surface area contributed by atoms with E-state index in [0.717, 1.165) is 0 Å². The summed E-state index contributed by atoms with van der Waals surface area (Å²) >= 11 is 0. The fourth-order valence-electron chi connectivity index (χ4n) is 2.74. The van der Waals surface area contributed by atoms with Gasteiger partial charge in [0, 0.05) is 23.8 Å². The van der Waals surface area contributed by atoms with E-state index in [2.05, 4.69) is 47.8 Å². The van der Waals surface area contributed by atoms with Crippen LogP contribution in [0.25, 0.3) is 0 Å². The highest BCUT2D eigenvalue weighted by molar-refractivity contribution is 8.83. The van der Waals surface area contributed by atoms with Gasteiger partial charge in [0.1, 0.15) is 0 Å². The molecule has 0 radical (unpaired) electrons. The third-order valence-electron chi connectivity index (χ3n) is 4.48. The van der Waals surface area contributed by atoms with E-state index in [9.17, 15) is 0 Å². The molecule has 2 aliphatic rings. The van der Waals surface area contributed by atoms with Crippen LogP contribution in [0.3, 0.4) is 0 Å². The summed E-state index contributed by atoms with van der Waals surface area (Å²) in [5.74, 6) is 0. The Morgan fingerprint density at radius 1 is 1.29 bits per heavy atom. The minimum absolute atomic E-state index is 0.394. The van der Waals surface area contributed by atoms with Crippen molar-refractivity contribution in [2.24, 2.45) is 0 Å². The highest BCUT2D eigenvalue weighted by Crippen LogP contribution is 2.33. The first-order chi connectivity index (χ1) is 10.1. The molecule has 2 fully saturated rings. The minimum atomic E-state index is 0.394. The summed E-state index contributed by atoms with van der Waals surface area (Å²) < 4.78 is 2.42. The number of nitrogens with zero attached hydrogens (tertiary/aromatic N) is 3. The van der Waals surface area contributed by atoms with Crippen LogP contribution in [0.2, 0.25) is 0 Å². The van der Waals surface area contributed by atoms with E-state index < -0.39 is 0 Å². The highest BCUT2D eigenvalue weighted by atomic mass is 33.1. The molecule has 4 nitrogen and oxygen atoms in total. The largest absolute Gasteiger partial charge is 0.319 e. The van der Waals surface area contributed by atoms with E-state index >= 15 is 0 Å². The van der Waals surface area contributed by atoms with Gasteiger partial charge in [-0.05, 0) is 57.7 Å². The first kappa shape index (κ1) is 17.4. The van der Waals surface area contributed by atoms with E-state index in [1.165, 1.54) is 56.9 Å². The molecule has 2 unspecified atom stereocenters. The average Bonchev–Trinajstić information content (AvgIpc) is 2.82. The number of hydrogen-bond acceptors (Lipinski definition) is 4. The van der Waals surface area contributed by atoms with Crippen molar-refractivity contribution in [1.29, 1.82) is 0 Å². The monoisotopic (exact) mass is 331 g/mol. The molecular weight excluding hydrogens is 300 g/mol. The van der Waals surface area contributed by atoms with Gasteiger partial charge in [-0.25, -0.2) is 5.32 Å². The molecule has 1 N–H and O–H groups in total. The maximum Gasteiger partial charge on any atom is 0.319 e. The summed E-state index contributed by atoms with van der Waals surface area (Å²) in [6.07, 6.45) is 6.88. The number of likely N-dealkylation sites (tertiary alicyclic amines) is 1. The van der Waals surface area contributed by atoms with E-state index in [1.54, 1.807) is 0 Å². The zero-order valence-electron chi connectivity index (χ0n) is 14.0. The van der Waals surface area contributed by atoms with Crippen molar-refractivity contribution in [3.63, 3.8) is 0 Å². The third kappa shape index (κ3) is 5.34. The van der Waals surface area contributed by atoms with Crippen LogP contribution in [0.4, 0.5) is 0 Å². The smallest absolute Gasteiger partial charge is 0.303 e. The van der Waals surface area contributed by atoms with E-state index in [0.29, 0.717) is 11.5 Å². The van der Waals surface area contributed by atoms with Crippen LogP contribution in [0.1, 0.15) is 39.0 Å². The van der Waals surface area contributed by atoms with E-state index in [4.69, 9.17) is 0 Å². The van der Waals surface area contributed by atoms with Crippen molar-refractivity contribution >= 4 is 26.8 Å². The van der Waals surface area contributed by atoms with Crippen LogP contribution in [0, 0.1) is 0 Å². The molecule has 0 aromatic heterocycles. The van der Waals surface area contributed by atoms with Gasteiger partial charge in [-0.1, -0.05) is 12.8 Å². The number of nitrogens with one attached hydrogen (secondary N) is 1. The standard InChI is InChI=1S/C15H30N4S2/c1-13(9-12-19-10-7-5-6-8-11-19)18(4)15-16-14(17(2)3)20-21-15/h13-14H,5-12H2,1-4H3/p+1. The molecule has 0 spiro atoms. The van der Waals surface area contributed by atoms with Crippen LogP contribution in [-0.2, 0) is 0 Å². The summed E-state index contributed by atoms with van der Waals surface area (Å²) in [5.41, 5.74) is 0.394. The molecule has 0 bridgehead atoms. The first-order valence-corrected chi connectivity index (χ1v) is 10.4. The predicted octanol–water partition coefficient (Wildman–Crippen LogP) is 2.47. The summed E-state index contributed by atoms with van der Waals surface area (Å²) in [4.78, 5) is 4.88. The topological polar surface area (TPSA) is 21.5 Å². The molecule has 0 aliphatic carbocycles. The Labute approximate surface area is 138 Å². The molecule has 122 valence electrons. The lowest BCUT2D eigenvalue weighted by Gasteiger charge is -2.22. The molecule has 0 aromatic rings. The predicted molar refractivity (Wildman–Crippen MR) is 96.0 cm³/mol. The SMILES string of the molecule is CC(CCN1CCCCCC1)[N+](C)=C1NC(N(C)C)SS1. The number of rotatable bonds is 5. The molecule has 0 amide bonds. The molecule has 2 rings (SSSR count). The summed E-state index contributed by atoms with van der Waals surface area (Å²) in [7, 11) is 10.2. The Hall–Kier alpha value is 0.0900. The second-order valence-electron chi connectivity index (χ2n) is 6.45. The van der Waals surface area contributed by atoms with Crippen LogP contribution < -0.4 is 5.32 Å². The molecule has 6 heteroatoms. The fraction of sp³-hybridized carbons (Fsp3) is 0.933. The van der Waals surface area contributed by atoms with Gasteiger partial charge >= 0.3 is 5.17 Å². The molecule has 2 aliphatic heterocycles. The van der Waals surface area contributed by atoms with Gasteiger partial charge in [-0.15, -0.1) is 0 Å². The van der Waals surface area contributed by atoms with Gasteiger partial charge in [-0.2, -0.15) is 0 Å². The van der Waals surface area contributed by atoms with Gasteiger partial charge in [0.25, 0.3) is 0 Å². The Balaban J connectivity index is 1.80.